The third kappa shape index (κ3) is 4.15. The van der Waals surface area contributed by atoms with Crippen LogP contribution < -0.4 is 11.5 Å². The topological polar surface area (TPSA) is 52.0 Å². The van der Waals surface area contributed by atoms with Gasteiger partial charge in [-0.1, -0.05) is 18.6 Å². The zero-order valence-corrected chi connectivity index (χ0v) is 6.72. The van der Waals surface area contributed by atoms with E-state index in [1.165, 1.54) is 5.57 Å². The fraction of sp³-hybridized carbons (Fsp3) is 0.500. The van der Waals surface area contributed by atoms with Crippen molar-refractivity contribution in [3.63, 3.8) is 0 Å². The molecule has 4 N–H and O–H groups in total. The largest absolute Gasteiger partial charge is 0.401 e. The lowest BCUT2D eigenvalue weighted by molar-refractivity contribution is 1.08. The minimum absolute atomic E-state index is 0.438. The van der Waals surface area contributed by atoms with E-state index in [9.17, 15) is 0 Å². The first kappa shape index (κ1) is 9.24. The zero-order valence-electron chi connectivity index (χ0n) is 6.72. The third-order valence-electron chi connectivity index (χ3n) is 1.38. The predicted octanol–water partition coefficient (Wildman–Crippen LogP) is 1.14. The SMILES string of the molecule is CC/C(C)=C\C=C(\N)CN. The molecule has 0 aromatic carbocycles. The van der Waals surface area contributed by atoms with Crippen LogP contribution in [0.3, 0.4) is 0 Å². The quantitative estimate of drug-likeness (QED) is 0.578. The first-order chi connectivity index (χ1) is 4.70. The molecule has 0 amide bonds. The van der Waals surface area contributed by atoms with Crippen molar-refractivity contribution in [2.24, 2.45) is 11.5 Å². The summed E-state index contributed by atoms with van der Waals surface area (Å²) in [6.45, 7) is 4.62. The van der Waals surface area contributed by atoms with Gasteiger partial charge >= 0.3 is 0 Å². The van der Waals surface area contributed by atoms with Gasteiger partial charge in [-0.3, -0.25) is 0 Å². The first-order valence-electron chi connectivity index (χ1n) is 3.52. The molecular formula is C8H16N2. The normalized spacial score (nSPS) is 13.9. The van der Waals surface area contributed by atoms with Crippen LogP contribution in [-0.4, -0.2) is 6.54 Å². The highest BCUT2D eigenvalue weighted by Gasteiger charge is 1.82. The smallest absolute Gasteiger partial charge is 0.0326 e. The lowest BCUT2D eigenvalue weighted by Gasteiger charge is -1.93. The lowest BCUT2D eigenvalue weighted by Crippen LogP contribution is -2.10. The van der Waals surface area contributed by atoms with E-state index in [1.807, 2.05) is 12.2 Å². The van der Waals surface area contributed by atoms with Crippen molar-refractivity contribution in [1.29, 1.82) is 0 Å². The Kier molecular flexibility index (Phi) is 4.67. The van der Waals surface area contributed by atoms with E-state index >= 15 is 0 Å². The van der Waals surface area contributed by atoms with E-state index in [-0.39, 0.29) is 0 Å². The molecule has 0 unspecified atom stereocenters. The van der Waals surface area contributed by atoms with Crippen molar-refractivity contribution in [1.82, 2.24) is 0 Å². The summed E-state index contributed by atoms with van der Waals surface area (Å²) >= 11 is 0. The van der Waals surface area contributed by atoms with Gasteiger partial charge in [-0.05, 0) is 19.4 Å². The molecule has 58 valence electrons. The van der Waals surface area contributed by atoms with E-state index in [0.717, 1.165) is 12.1 Å². The summed E-state index contributed by atoms with van der Waals surface area (Å²) in [5.74, 6) is 0. The van der Waals surface area contributed by atoms with Crippen LogP contribution in [-0.2, 0) is 0 Å². The summed E-state index contributed by atoms with van der Waals surface area (Å²) in [5.41, 5.74) is 12.8. The van der Waals surface area contributed by atoms with Crippen LogP contribution in [0.4, 0.5) is 0 Å². The van der Waals surface area contributed by atoms with E-state index in [2.05, 4.69) is 13.8 Å². The molecule has 0 aliphatic carbocycles. The van der Waals surface area contributed by atoms with E-state index in [4.69, 9.17) is 11.5 Å². The van der Waals surface area contributed by atoms with Gasteiger partial charge in [-0.2, -0.15) is 0 Å². The molecule has 0 fully saturated rings. The summed E-state index contributed by atoms with van der Waals surface area (Å²) in [6.07, 6.45) is 4.93. The lowest BCUT2D eigenvalue weighted by atomic mass is 10.2. The van der Waals surface area contributed by atoms with Crippen molar-refractivity contribution in [3.05, 3.63) is 23.4 Å². The van der Waals surface area contributed by atoms with E-state index in [0.29, 0.717) is 6.54 Å². The van der Waals surface area contributed by atoms with Gasteiger partial charge in [0, 0.05) is 12.2 Å². The fourth-order valence-electron chi connectivity index (χ4n) is 0.435. The average molecular weight is 140 g/mol. The van der Waals surface area contributed by atoms with Gasteiger partial charge in [0.1, 0.15) is 0 Å². The Morgan fingerprint density at radius 1 is 1.40 bits per heavy atom. The number of hydrogen-bond acceptors (Lipinski definition) is 2. The number of rotatable bonds is 3. The van der Waals surface area contributed by atoms with Crippen LogP contribution in [0.1, 0.15) is 20.3 Å². The Labute approximate surface area is 62.6 Å². The van der Waals surface area contributed by atoms with Crippen LogP contribution in [0.15, 0.2) is 23.4 Å². The molecule has 0 radical (unpaired) electrons. The maximum absolute atomic E-state index is 5.47. The molecule has 10 heavy (non-hydrogen) atoms. The summed E-state index contributed by atoms with van der Waals surface area (Å²) in [6, 6.07) is 0. The molecule has 0 rings (SSSR count). The van der Waals surface area contributed by atoms with Gasteiger partial charge in [-0.25, -0.2) is 0 Å². The summed E-state index contributed by atoms with van der Waals surface area (Å²) in [7, 11) is 0. The van der Waals surface area contributed by atoms with Crippen LogP contribution in [0.5, 0.6) is 0 Å². The van der Waals surface area contributed by atoms with Crippen molar-refractivity contribution in [3.8, 4) is 0 Å². The Morgan fingerprint density at radius 3 is 2.40 bits per heavy atom. The molecule has 0 bridgehead atoms. The highest BCUT2D eigenvalue weighted by atomic mass is 14.7. The first-order valence-corrected chi connectivity index (χ1v) is 3.52. The van der Waals surface area contributed by atoms with Crippen molar-refractivity contribution in [2.45, 2.75) is 20.3 Å². The van der Waals surface area contributed by atoms with Crippen molar-refractivity contribution >= 4 is 0 Å². The van der Waals surface area contributed by atoms with Gasteiger partial charge in [0.25, 0.3) is 0 Å². The van der Waals surface area contributed by atoms with Crippen molar-refractivity contribution in [2.75, 3.05) is 6.54 Å². The number of allylic oxidation sites excluding steroid dienone is 3. The average Bonchev–Trinajstić information content (AvgIpc) is 1.99. The van der Waals surface area contributed by atoms with Gasteiger partial charge in [0.05, 0.1) is 0 Å². The summed E-state index contributed by atoms with van der Waals surface area (Å²) < 4.78 is 0. The molecule has 0 aliphatic rings. The second kappa shape index (κ2) is 5.06. The molecule has 2 heteroatoms. The number of nitrogens with two attached hydrogens (primary N) is 2. The van der Waals surface area contributed by atoms with E-state index < -0.39 is 0 Å². The van der Waals surface area contributed by atoms with Gasteiger partial charge in [0.15, 0.2) is 0 Å². The second-order valence-electron chi connectivity index (χ2n) is 2.31. The van der Waals surface area contributed by atoms with Gasteiger partial charge in [0.2, 0.25) is 0 Å². The van der Waals surface area contributed by atoms with Crippen LogP contribution >= 0.6 is 0 Å². The minimum Gasteiger partial charge on any atom is -0.401 e. The fourth-order valence-corrected chi connectivity index (χ4v) is 0.435. The number of hydrogen-bond donors (Lipinski definition) is 2. The Morgan fingerprint density at radius 2 is 2.00 bits per heavy atom. The molecule has 0 saturated heterocycles. The minimum atomic E-state index is 0.438. The molecular weight excluding hydrogens is 124 g/mol. The standard InChI is InChI=1S/C8H16N2/c1-3-7(2)4-5-8(10)6-9/h4-5H,3,6,9-10H2,1-2H3/b7-4-,8-5+. The summed E-state index contributed by atoms with van der Waals surface area (Å²) in [4.78, 5) is 0. The molecule has 0 aliphatic heterocycles. The Bertz CT molecular complexity index is 127. The molecule has 0 spiro atoms. The maximum Gasteiger partial charge on any atom is 0.0326 e. The molecule has 0 saturated carbocycles. The highest BCUT2D eigenvalue weighted by Crippen LogP contribution is 1.97. The Hall–Kier alpha value is -0.760. The molecule has 0 aromatic rings. The third-order valence-corrected chi connectivity index (χ3v) is 1.38. The summed E-state index contributed by atoms with van der Waals surface area (Å²) in [5, 5.41) is 0. The molecule has 0 atom stereocenters. The van der Waals surface area contributed by atoms with Gasteiger partial charge in [-0.15, -0.1) is 0 Å². The second-order valence-corrected chi connectivity index (χ2v) is 2.31. The molecule has 0 heterocycles. The molecule has 0 aromatic heterocycles. The van der Waals surface area contributed by atoms with Crippen molar-refractivity contribution < 1.29 is 0 Å². The van der Waals surface area contributed by atoms with Crippen LogP contribution in [0.25, 0.3) is 0 Å². The maximum atomic E-state index is 5.47. The van der Waals surface area contributed by atoms with Crippen LogP contribution in [0.2, 0.25) is 0 Å². The monoisotopic (exact) mass is 140 g/mol. The van der Waals surface area contributed by atoms with Gasteiger partial charge < -0.3 is 11.5 Å². The van der Waals surface area contributed by atoms with Crippen LogP contribution in [0, 0.1) is 0 Å². The zero-order chi connectivity index (χ0) is 7.98. The highest BCUT2D eigenvalue weighted by molar-refractivity contribution is 5.14. The predicted molar refractivity (Wildman–Crippen MR) is 45.4 cm³/mol. The van der Waals surface area contributed by atoms with E-state index in [1.54, 1.807) is 0 Å². The molecule has 2 nitrogen and oxygen atoms in total. The Balaban J connectivity index is 3.91.